The topological polar surface area (TPSA) is 73.1 Å². The summed E-state index contributed by atoms with van der Waals surface area (Å²) in [4.78, 5) is 8.23. The predicted molar refractivity (Wildman–Crippen MR) is 65.4 cm³/mol. The predicted octanol–water partition coefficient (Wildman–Crippen LogP) is 1.85. The zero-order chi connectivity index (χ0) is 13.1. The van der Waals surface area contributed by atoms with Gasteiger partial charge in [0, 0.05) is 11.7 Å². The van der Waals surface area contributed by atoms with Gasteiger partial charge in [0.25, 0.3) is 0 Å². The molecule has 0 fully saturated rings. The van der Waals surface area contributed by atoms with Gasteiger partial charge in [-0.1, -0.05) is 0 Å². The van der Waals surface area contributed by atoms with Crippen LogP contribution in [-0.4, -0.2) is 24.9 Å². The van der Waals surface area contributed by atoms with Gasteiger partial charge in [0.1, 0.15) is 0 Å². The zero-order valence-electron chi connectivity index (χ0n) is 10.7. The van der Waals surface area contributed by atoms with Crippen molar-refractivity contribution >= 4 is 0 Å². The third kappa shape index (κ3) is 2.84. The van der Waals surface area contributed by atoms with Crippen molar-refractivity contribution in [2.75, 3.05) is 0 Å². The van der Waals surface area contributed by atoms with E-state index in [0.717, 1.165) is 5.69 Å². The van der Waals surface area contributed by atoms with Crippen LogP contribution in [-0.2, 0) is 6.61 Å². The second kappa shape index (κ2) is 5.14. The number of ether oxygens (including phenoxy) is 1. The fourth-order valence-corrected chi connectivity index (χ4v) is 1.49. The van der Waals surface area contributed by atoms with Crippen molar-refractivity contribution in [1.82, 2.24) is 19.7 Å². The first kappa shape index (κ1) is 12.5. The van der Waals surface area contributed by atoms with E-state index in [2.05, 4.69) is 15.1 Å². The van der Waals surface area contributed by atoms with Crippen molar-refractivity contribution in [3.8, 4) is 11.8 Å². The summed E-state index contributed by atoms with van der Waals surface area (Å²) in [6.45, 7) is 5.75. The number of hydrogen-bond donors (Lipinski definition) is 1. The summed E-state index contributed by atoms with van der Waals surface area (Å²) in [5.41, 5.74) is 1.29. The maximum atomic E-state index is 9.07. The molecule has 0 amide bonds. The Morgan fingerprint density at radius 1 is 1.39 bits per heavy atom. The van der Waals surface area contributed by atoms with Crippen LogP contribution in [0.5, 0.6) is 11.8 Å². The van der Waals surface area contributed by atoms with Crippen molar-refractivity contribution in [3.63, 3.8) is 0 Å². The van der Waals surface area contributed by atoms with Crippen LogP contribution in [0.15, 0.2) is 18.5 Å². The number of nitrogens with zero attached hydrogens (tertiary/aromatic N) is 4. The minimum Gasteiger partial charge on any atom is -0.421 e. The Morgan fingerprint density at radius 3 is 2.78 bits per heavy atom. The fourth-order valence-electron chi connectivity index (χ4n) is 1.49. The second-order valence-corrected chi connectivity index (χ2v) is 4.29. The Bertz CT molecular complexity index is 537. The number of aliphatic hydroxyl groups is 1. The molecule has 0 aliphatic heterocycles. The van der Waals surface area contributed by atoms with E-state index >= 15 is 0 Å². The zero-order valence-corrected chi connectivity index (χ0v) is 10.7. The van der Waals surface area contributed by atoms with E-state index in [9.17, 15) is 0 Å². The van der Waals surface area contributed by atoms with Gasteiger partial charge in [0.15, 0.2) is 5.75 Å². The summed E-state index contributed by atoms with van der Waals surface area (Å²) in [6.07, 6.45) is 3.40. The van der Waals surface area contributed by atoms with E-state index in [1.165, 1.54) is 0 Å². The Hall–Kier alpha value is -1.95. The molecule has 0 aliphatic carbocycles. The molecule has 0 saturated heterocycles. The third-order valence-electron chi connectivity index (χ3n) is 2.36. The molecular weight excluding hydrogens is 232 g/mol. The van der Waals surface area contributed by atoms with E-state index in [0.29, 0.717) is 11.4 Å². The highest BCUT2D eigenvalue weighted by atomic mass is 16.5. The van der Waals surface area contributed by atoms with Gasteiger partial charge in [-0.05, 0) is 26.8 Å². The molecule has 0 saturated carbocycles. The number of hydrogen-bond acceptors (Lipinski definition) is 5. The van der Waals surface area contributed by atoms with Gasteiger partial charge in [-0.3, -0.25) is 4.68 Å². The van der Waals surface area contributed by atoms with Gasteiger partial charge in [-0.2, -0.15) is 10.1 Å². The highest BCUT2D eigenvalue weighted by molar-refractivity contribution is 5.19. The lowest BCUT2D eigenvalue weighted by Crippen LogP contribution is -2.00. The molecule has 0 unspecified atom stereocenters. The van der Waals surface area contributed by atoms with Gasteiger partial charge in [-0.15, -0.1) is 0 Å². The monoisotopic (exact) mass is 248 g/mol. The normalized spacial score (nSPS) is 10.9. The maximum absolute atomic E-state index is 9.07. The highest BCUT2D eigenvalue weighted by Gasteiger charge is 2.07. The number of aliphatic hydroxyl groups excluding tert-OH is 1. The van der Waals surface area contributed by atoms with Crippen LogP contribution in [0.3, 0.4) is 0 Å². The van der Waals surface area contributed by atoms with E-state index in [1.54, 1.807) is 23.1 Å². The quantitative estimate of drug-likeness (QED) is 0.893. The summed E-state index contributed by atoms with van der Waals surface area (Å²) < 4.78 is 7.31. The van der Waals surface area contributed by atoms with E-state index in [-0.39, 0.29) is 18.7 Å². The molecule has 0 radical (unpaired) electrons. The molecule has 18 heavy (non-hydrogen) atoms. The molecule has 1 N–H and O–H groups in total. The minimum atomic E-state index is -0.134. The smallest absolute Gasteiger partial charge is 0.322 e. The largest absolute Gasteiger partial charge is 0.421 e. The molecule has 96 valence electrons. The Balaban J connectivity index is 2.19. The van der Waals surface area contributed by atoms with Crippen molar-refractivity contribution in [1.29, 1.82) is 0 Å². The lowest BCUT2D eigenvalue weighted by molar-refractivity contribution is 0.274. The Kier molecular flexibility index (Phi) is 3.57. The summed E-state index contributed by atoms with van der Waals surface area (Å²) in [5, 5.41) is 13.2. The molecular formula is C12H16N4O2. The molecule has 6 heteroatoms. The molecule has 0 aliphatic rings. The average Bonchev–Trinajstić information content (AvgIpc) is 2.76. The lowest BCUT2D eigenvalue weighted by Gasteiger charge is -2.05. The number of aromatic nitrogens is 4. The minimum absolute atomic E-state index is 0.134. The van der Waals surface area contributed by atoms with Gasteiger partial charge >= 0.3 is 6.01 Å². The van der Waals surface area contributed by atoms with Crippen LogP contribution in [0.1, 0.15) is 31.3 Å². The molecule has 6 nitrogen and oxygen atoms in total. The Labute approximate surface area is 105 Å². The summed E-state index contributed by atoms with van der Waals surface area (Å²) in [5.74, 6) is 0.582. The molecule has 2 aromatic rings. The van der Waals surface area contributed by atoms with Crippen LogP contribution >= 0.6 is 0 Å². The maximum Gasteiger partial charge on any atom is 0.322 e. The van der Waals surface area contributed by atoms with E-state index in [4.69, 9.17) is 9.84 Å². The number of rotatable bonds is 4. The first-order valence-corrected chi connectivity index (χ1v) is 5.76. The van der Waals surface area contributed by atoms with Gasteiger partial charge < -0.3 is 9.84 Å². The summed E-state index contributed by atoms with van der Waals surface area (Å²) in [7, 11) is 0. The SMILES string of the molecule is Cc1cc(CO)nc(Oc2cnn(C(C)C)c2)n1. The molecule has 0 aromatic carbocycles. The third-order valence-corrected chi connectivity index (χ3v) is 2.36. The molecule has 2 rings (SSSR count). The van der Waals surface area contributed by atoms with Crippen molar-refractivity contribution in [2.24, 2.45) is 0 Å². The van der Waals surface area contributed by atoms with Crippen molar-refractivity contribution in [3.05, 3.63) is 29.8 Å². The summed E-state index contributed by atoms with van der Waals surface area (Å²) in [6, 6.07) is 2.21. The molecule has 0 bridgehead atoms. The summed E-state index contributed by atoms with van der Waals surface area (Å²) >= 11 is 0. The Morgan fingerprint density at radius 2 is 2.17 bits per heavy atom. The standard InChI is InChI=1S/C12H16N4O2/c1-8(2)16-6-11(5-13-16)18-12-14-9(3)4-10(7-17)15-12/h4-6,8,17H,7H2,1-3H3. The van der Waals surface area contributed by atoms with Gasteiger partial charge in [-0.25, -0.2) is 4.98 Å². The average molecular weight is 248 g/mol. The number of aryl methyl sites for hydroxylation is 1. The van der Waals surface area contributed by atoms with E-state index < -0.39 is 0 Å². The van der Waals surface area contributed by atoms with Crippen LogP contribution in [0.25, 0.3) is 0 Å². The van der Waals surface area contributed by atoms with E-state index in [1.807, 2.05) is 20.8 Å². The van der Waals surface area contributed by atoms with Gasteiger partial charge in [0.05, 0.1) is 24.7 Å². The van der Waals surface area contributed by atoms with Crippen molar-refractivity contribution in [2.45, 2.75) is 33.4 Å². The molecule has 0 spiro atoms. The van der Waals surface area contributed by atoms with Crippen LogP contribution in [0.2, 0.25) is 0 Å². The van der Waals surface area contributed by atoms with Crippen LogP contribution in [0, 0.1) is 6.92 Å². The fraction of sp³-hybridized carbons (Fsp3) is 0.417. The second-order valence-electron chi connectivity index (χ2n) is 4.29. The first-order chi connectivity index (χ1) is 8.58. The van der Waals surface area contributed by atoms with Crippen LogP contribution in [0.4, 0.5) is 0 Å². The first-order valence-electron chi connectivity index (χ1n) is 5.76. The molecule has 0 atom stereocenters. The highest BCUT2D eigenvalue weighted by Crippen LogP contribution is 2.19. The van der Waals surface area contributed by atoms with Gasteiger partial charge in [0.2, 0.25) is 0 Å². The van der Waals surface area contributed by atoms with Crippen LogP contribution < -0.4 is 4.74 Å². The molecule has 2 heterocycles. The molecule has 2 aromatic heterocycles. The van der Waals surface area contributed by atoms with Crippen molar-refractivity contribution < 1.29 is 9.84 Å². The lowest BCUT2D eigenvalue weighted by atomic mass is 10.3.